The van der Waals surface area contributed by atoms with Gasteiger partial charge >= 0.3 is 6.18 Å². The number of anilines is 1. The van der Waals surface area contributed by atoms with Crippen molar-refractivity contribution in [1.29, 1.82) is 0 Å². The van der Waals surface area contributed by atoms with Gasteiger partial charge in [-0.05, 0) is 32.0 Å². The summed E-state index contributed by atoms with van der Waals surface area (Å²) < 4.78 is 40.5. The highest BCUT2D eigenvalue weighted by Gasteiger charge is 2.37. The highest BCUT2D eigenvalue weighted by molar-refractivity contribution is 7.20. The standard InChI is InChI=1S/C18H14ClF3N4O3S/c1-9(2)25-12(7-14(24-25)18(20,21)22)16-13(26(28)29)8-15(30-16)23-17(27)10-5-3-4-6-11(10)19/h3-9H,1-2H3,(H,23,27). The first-order valence-electron chi connectivity index (χ1n) is 8.50. The van der Waals surface area contributed by atoms with Gasteiger partial charge < -0.3 is 5.32 Å². The van der Waals surface area contributed by atoms with Crippen molar-refractivity contribution >= 4 is 39.5 Å². The van der Waals surface area contributed by atoms with Crippen LogP contribution in [0.5, 0.6) is 0 Å². The van der Waals surface area contributed by atoms with Crippen LogP contribution in [0.3, 0.4) is 0 Å². The third kappa shape index (κ3) is 4.31. The lowest BCUT2D eigenvalue weighted by molar-refractivity contribution is -0.383. The number of carbonyl (C=O) groups is 1. The van der Waals surface area contributed by atoms with Crippen molar-refractivity contribution in [3.63, 3.8) is 0 Å². The second-order valence-corrected chi connectivity index (χ2v) is 7.93. The number of amides is 1. The molecule has 158 valence electrons. The molecule has 1 amide bonds. The minimum absolute atomic E-state index is 0.0499. The van der Waals surface area contributed by atoms with Crippen LogP contribution in [-0.4, -0.2) is 20.6 Å². The van der Waals surface area contributed by atoms with E-state index in [1.165, 1.54) is 12.1 Å². The molecule has 0 saturated heterocycles. The lowest BCUT2D eigenvalue weighted by atomic mass is 10.2. The number of nitrogens with one attached hydrogen (secondary N) is 1. The average molecular weight is 459 g/mol. The maximum Gasteiger partial charge on any atom is 0.435 e. The van der Waals surface area contributed by atoms with Crippen LogP contribution < -0.4 is 5.32 Å². The zero-order valence-corrected chi connectivity index (χ0v) is 17.1. The zero-order chi connectivity index (χ0) is 22.2. The van der Waals surface area contributed by atoms with Gasteiger partial charge in [-0.25, -0.2) is 0 Å². The van der Waals surface area contributed by atoms with Crippen LogP contribution in [0.1, 0.15) is 35.9 Å². The highest BCUT2D eigenvalue weighted by atomic mass is 35.5. The summed E-state index contributed by atoms with van der Waals surface area (Å²) in [7, 11) is 0. The van der Waals surface area contributed by atoms with Gasteiger partial charge in [0.25, 0.3) is 11.6 Å². The van der Waals surface area contributed by atoms with Crippen LogP contribution in [0, 0.1) is 10.1 Å². The summed E-state index contributed by atoms with van der Waals surface area (Å²) in [5.74, 6) is -0.600. The van der Waals surface area contributed by atoms with E-state index in [0.29, 0.717) is 0 Å². The third-order valence-electron chi connectivity index (χ3n) is 4.01. The zero-order valence-electron chi connectivity index (χ0n) is 15.5. The van der Waals surface area contributed by atoms with E-state index in [1.807, 2.05) is 0 Å². The van der Waals surface area contributed by atoms with Crippen molar-refractivity contribution in [2.75, 3.05) is 5.32 Å². The average Bonchev–Trinajstić information content (AvgIpc) is 3.25. The smallest absolute Gasteiger partial charge is 0.313 e. The van der Waals surface area contributed by atoms with Crippen LogP contribution >= 0.6 is 22.9 Å². The van der Waals surface area contributed by atoms with Crippen molar-refractivity contribution in [3.05, 3.63) is 62.8 Å². The lowest BCUT2D eigenvalue weighted by Gasteiger charge is -2.09. The number of nitrogens with zero attached hydrogens (tertiary/aromatic N) is 3. The van der Waals surface area contributed by atoms with Crippen molar-refractivity contribution in [3.8, 4) is 10.6 Å². The van der Waals surface area contributed by atoms with E-state index < -0.39 is 34.4 Å². The van der Waals surface area contributed by atoms with Gasteiger partial charge in [-0.1, -0.05) is 23.7 Å². The summed E-state index contributed by atoms with van der Waals surface area (Å²) in [6.45, 7) is 3.21. The van der Waals surface area contributed by atoms with Crippen LogP contribution in [0.25, 0.3) is 10.6 Å². The lowest BCUT2D eigenvalue weighted by Crippen LogP contribution is -2.11. The molecule has 0 aliphatic heterocycles. The quantitative estimate of drug-likeness (QED) is 0.373. The number of benzene rings is 1. The van der Waals surface area contributed by atoms with Crippen LogP contribution in [0.4, 0.5) is 23.9 Å². The molecule has 7 nitrogen and oxygen atoms in total. The van der Waals surface area contributed by atoms with Crippen molar-refractivity contribution in [1.82, 2.24) is 9.78 Å². The Morgan fingerprint density at radius 2 is 1.97 bits per heavy atom. The van der Waals surface area contributed by atoms with Gasteiger partial charge in [0.1, 0.15) is 9.88 Å². The maximum absolute atomic E-state index is 13.1. The molecule has 0 unspecified atom stereocenters. The van der Waals surface area contributed by atoms with E-state index in [1.54, 1.807) is 26.0 Å². The van der Waals surface area contributed by atoms with E-state index in [2.05, 4.69) is 10.4 Å². The maximum atomic E-state index is 13.1. The molecule has 0 spiro atoms. The number of hydrogen-bond donors (Lipinski definition) is 1. The molecule has 2 heterocycles. The number of nitro groups is 1. The Kier molecular flexibility index (Phi) is 5.86. The molecule has 0 aliphatic carbocycles. The fraction of sp³-hybridized carbons (Fsp3) is 0.222. The fourth-order valence-electron chi connectivity index (χ4n) is 2.68. The van der Waals surface area contributed by atoms with Crippen molar-refractivity contribution < 1.29 is 22.9 Å². The third-order valence-corrected chi connectivity index (χ3v) is 5.40. The summed E-state index contributed by atoms with van der Waals surface area (Å²) in [5, 5.41) is 17.9. The number of thiophene rings is 1. The summed E-state index contributed by atoms with van der Waals surface area (Å²) in [5.41, 5.74) is -1.50. The Bertz CT molecular complexity index is 1120. The highest BCUT2D eigenvalue weighted by Crippen LogP contribution is 2.43. The molecule has 3 aromatic rings. The first-order valence-corrected chi connectivity index (χ1v) is 9.69. The predicted molar refractivity (Wildman–Crippen MR) is 107 cm³/mol. The Labute approximate surface area is 177 Å². The summed E-state index contributed by atoms with van der Waals surface area (Å²) in [6.07, 6.45) is -4.71. The molecule has 3 rings (SSSR count). The number of carbonyl (C=O) groups excluding carboxylic acids is 1. The van der Waals surface area contributed by atoms with Gasteiger partial charge in [0, 0.05) is 6.04 Å². The first kappa shape index (κ1) is 21.8. The first-order chi connectivity index (χ1) is 14.0. The molecule has 12 heteroatoms. The molecule has 0 radical (unpaired) electrons. The normalized spacial score (nSPS) is 11.7. The van der Waals surface area contributed by atoms with E-state index >= 15 is 0 Å². The Balaban J connectivity index is 2.06. The molecule has 0 aliphatic rings. The van der Waals surface area contributed by atoms with Gasteiger partial charge in [-0.2, -0.15) is 18.3 Å². The molecular weight excluding hydrogens is 445 g/mol. The number of aromatic nitrogens is 2. The molecule has 1 N–H and O–H groups in total. The fourth-order valence-corrected chi connectivity index (χ4v) is 3.93. The Hall–Kier alpha value is -2.92. The Morgan fingerprint density at radius 3 is 2.53 bits per heavy atom. The van der Waals surface area contributed by atoms with E-state index in [0.717, 1.165) is 28.2 Å². The Morgan fingerprint density at radius 1 is 1.30 bits per heavy atom. The van der Waals surface area contributed by atoms with Gasteiger partial charge in [0.05, 0.1) is 27.3 Å². The monoisotopic (exact) mass is 458 g/mol. The molecule has 30 heavy (non-hydrogen) atoms. The van der Waals surface area contributed by atoms with Gasteiger partial charge in [-0.15, -0.1) is 11.3 Å². The van der Waals surface area contributed by atoms with Crippen LogP contribution in [0.15, 0.2) is 36.4 Å². The second-order valence-electron chi connectivity index (χ2n) is 6.47. The number of alkyl halides is 3. The van der Waals surface area contributed by atoms with Crippen molar-refractivity contribution in [2.24, 2.45) is 0 Å². The van der Waals surface area contributed by atoms with Crippen molar-refractivity contribution in [2.45, 2.75) is 26.1 Å². The largest absolute Gasteiger partial charge is 0.435 e. The number of hydrogen-bond acceptors (Lipinski definition) is 5. The molecule has 0 bridgehead atoms. The molecule has 0 saturated carbocycles. The van der Waals surface area contributed by atoms with Gasteiger partial charge in [-0.3, -0.25) is 19.6 Å². The van der Waals surface area contributed by atoms with Crippen LogP contribution in [0.2, 0.25) is 5.02 Å². The van der Waals surface area contributed by atoms with E-state index in [9.17, 15) is 28.1 Å². The molecule has 2 aromatic heterocycles. The SMILES string of the molecule is CC(C)n1nc(C(F)(F)F)cc1-c1sc(NC(=O)c2ccccc2Cl)cc1[N+](=O)[O-]. The van der Waals surface area contributed by atoms with E-state index in [-0.39, 0.29) is 26.2 Å². The predicted octanol–water partition coefficient (Wildman–Crippen LogP) is 6.03. The molecule has 1 aromatic carbocycles. The molecule has 0 fully saturated rings. The van der Waals surface area contributed by atoms with Crippen LogP contribution in [-0.2, 0) is 6.18 Å². The summed E-state index contributed by atoms with van der Waals surface area (Å²) in [6, 6.07) is 7.60. The minimum atomic E-state index is -4.71. The van der Waals surface area contributed by atoms with E-state index in [4.69, 9.17) is 11.6 Å². The topological polar surface area (TPSA) is 90.1 Å². The van der Waals surface area contributed by atoms with Gasteiger partial charge in [0.2, 0.25) is 0 Å². The number of halogens is 4. The summed E-state index contributed by atoms with van der Waals surface area (Å²) >= 11 is 6.77. The second kappa shape index (κ2) is 8.07. The minimum Gasteiger partial charge on any atom is -0.313 e. The molecule has 0 atom stereocenters. The summed E-state index contributed by atoms with van der Waals surface area (Å²) in [4.78, 5) is 23.2. The number of rotatable bonds is 5. The van der Waals surface area contributed by atoms with Gasteiger partial charge in [0.15, 0.2) is 5.69 Å². The molecular formula is C18H14ClF3N4O3S.